The summed E-state index contributed by atoms with van der Waals surface area (Å²) in [6, 6.07) is 12.3. The Morgan fingerprint density at radius 3 is 2.54 bits per heavy atom. The third-order valence-corrected chi connectivity index (χ3v) is 5.21. The highest BCUT2D eigenvalue weighted by atomic mass is 32.2. The van der Waals surface area contributed by atoms with Crippen LogP contribution in [0.15, 0.2) is 57.0 Å². The molecule has 3 rings (SSSR count). The Morgan fingerprint density at radius 1 is 1.08 bits per heavy atom. The third-order valence-electron chi connectivity index (χ3n) is 3.92. The van der Waals surface area contributed by atoms with E-state index in [1.807, 2.05) is 25.1 Å². The van der Waals surface area contributed by atoms with Gasteiger partial charge in [0.15, 0.2) is 5.69 Å². The van der Waals surface area contributed by atoms with Crippen LogP contribution in [0.25, 0.3) is 10.9 Å². The molecule has 3 aromatic rings. The van der Waals surface area contributed by atoms with Gasteiger partial charge in [-0.05, 0) is 37.1 Å². The van der Waals surface area contributed by atoms with Gasteiger partial charge >= 0.3 is 0 Å². The zero-order chi connectivity index (χ0) is 17.5. The van der Waals surface area contributed by atoms with Crippen molar-refractivity contribution in [1.29, 1.82) is 0 Å². The highest BCUT2D eigenvalue weighted by Gasteiger charge is 2.18. The van der Waals surface area contributed by atoms with E-state index in [9.17, 15) is 13.5 Å². The van der Waals surface area contributed by atoms with Crippen LogP contribution < -0.4 is 0 Å². The van der Waals surface area contributed by atoms with Crippen LogP contribution >= 0.6 is 0 Å². The maximum absolute atomic E-state index is 12.5. The minimum absolute atomic E-state index is 0.117. The van der Waals surface area contributed by atoms with Crippen molar-refractivity contribution < 1.29 is 13.5 Å². The average Bonchev–Trinajstić information content (AvgIpc) is 2.80. The Hall–Kier alpha value is -2.67. The Balaban J connectivity index is 2.11. The van der Waals surface area contributed by atoms with Gasteiger partial charge in [-0.1, -0.05) is 34.9 Å². The maximum atomic E-state index is 12.5. The van der Waals surface area contributed by atoms with Crippen molar-refractivity contribution in [2.45, 2.75) is 18.7 Å². The summed E-state index contributed by atoms with van der Waals surface area (Å²) in [5.74, 6) is -0.129. The van der Waals surface area contributed by atoms with E-state index in [1.165, 1.54) is 4.57 Å². The Bertz CT molecular complexity index is 1070. The van der Waals surface area contributed by atoms with Crippen LogP contribution in [0.5, 0.6) is 5.88 Å². The topological polar surface area (TPSA) is 84.0 Å². The van der Waals surface area contributed by atoms with Crippen LogP contribution in [0, 0.1) is 13.8 Å². The molecule has 2 aromatic carbocycles. The number of hydrogen-bond acceptors (Lipinski definition) is 4. The summed E-state index contributed by atoms with van der Waals surface area (Å²) in [5, 5.41) is 14.7. The van der Waals surface area contributed by atoms with E-state index < -0.39 is 10.0 Å². The van der Waals surface area contributed by atoms with Crippen molar-refractivity contribution in [2.24, 2.45) is 16.7 Å². The fraction of sp³-hybridized carbons (Fsp3) is 0.176. The van der Waals surface area contributed by atoms with Gasteiger partial charge in [-0.25, -0.2) is 0 Å². The zero-order valence-electron chi connectivity index (χ0n) is 13.6. The number of nitrogens with zero attached hydrogens (tertiary/aromatic N) is 3. The fourth-order valence-electron chi connectivity index (χ4n) is 2.58. The summed E-state index contributed by atoms with van der Waals surface area (Å²) < 4.78 is 30.1. The van der Waals surface area contributed by atoms with Crippen LogP contribution in [0.1, 0.15) is 11.1 Å². The maximum Gasteiger partial charge on any atom is 0.300 e. The van der Waals surface area contributed by atoms with Gasteiger partial charge in [0.1, 0.15) is 0 Å². The lowest BCUT2D eigenvalue weighted by Crippen LogP contribution is -1.99. The summed E-state index contributed by atoms with van der Waals surface area (Å²) in [4.78, 5) is 0.117. The lowest BCUT2D eigenvalue weighted by atomic mass is 10.2. The highest BCUT2D eigenvalue weighted by molar-refractivity contribution is 7.90. The standard InChI is InChI=1S/C17H17N3O3S/c1-11-8-9-12(2)15(10-11)24(22,23)19-18-16-13-6-4-5-7-14(13)20(3)17(16)21/h4-10,21H,1-3H3. The summed E-state index contributed by atoms with van der Waals surface area (Å²) in [6.07, 6.45) is 0. The number of hydrogen-bond donors (Lipinski definition) is 1. The van der Waals surface area contributed by atoms with E-state index in [-0.39, 0.29) is 16.5 Å². The average molecular weight is 343 g/mol. The lowest BCUT2D eigenvalue weighted by Gasteiger charge is -2.03. The number of sulfonamides is 1. The monoisotopic (exact) mass is 343 g/mol. The van der Waals surface area contributed by atoms with Crippen molar-refractivity contribution >= 4 is 26.6 Å². The second kappa shape index (κ2) is 5.76. The number of fused-ring (bicyclic) bond motifs is 1. The van der Waals surface area contributed by atoms with E-state index >= 15 is 0 Å². The molecule has 0 unspecified atom stereocenters. The molecular formula is C17H17N3O3S. The number of rotatable bonds is 3. The number of benzene rings is 2. The molecule has 1 heterocycles. The van der Waals surface area contributed by atoms with Crippen LogP contribution in [-0.4, -0.2) is 18.1 Å². The van der Waals surface area contributed by atoms with E-state index in [0.29, 0.717) is 10.9 Å². The van der Waals surface area contributed by atoms with Crippen molar-refractivity contribution in [2.75, 3.05) is 0 Å². The summed E-state index contributed by atoms with van der Waals surface area (Å²) in [6.45, 7) is 3.52. The van der Waals surface area contributed by atoms with Crippen LogP contribution in [0.4, 0.5) is 5.69 Å². The number of aryl methyl sites for hydroxylation is 3. The van der Waals surface area contributed by atoms with E-state index in [1.54, 1.807) is 38.2 Å². The highest BCUT2D eigenvalue weighted by Crippen LogP contribution is 2.38. The predicted octanol–water partition coefficient (Wildman–Crippen LogP) is 3.97. The molecule has 1 aromatic heterocycles. The molecule has 124 valence electrons. The van der Waals surface area contributed by atoms with Gasteiger partial charge in [0, 0.05) is 12.4 Å². The van der Waals surface area contributed by atoms with Crippen LogP contribution in [-0.2, 0) is 17.1 Å². The quantitative estimate of drug-likeness (QED) is 0.730. The second-order valence-corrected chi connectivity index (χ2v) is 7.23. The number of para-hydroxylation sites is 1. The number of aromatic hydroxyl groups is 1. The molecule has 0 saturated heterocycles. The molecule has 0 fully saturated rings. The molecule has 0 saturated carbocycles. The minimum Gasteiger partial charge on any atom is -0.493 e. The Kier molecular flexibility index (Phi) is 3.88. The van der Waals surface area contributed by atoms with Crippen LogP contribution in [0.2, 0.25) is 0 Å². The first kappa shape index (κ1) is 16.2. The fourth-order valence-corrected chi connectivity index (χ4v) is 3.67. The van der Waals surface area contributed by atoms with Crippen molar-refractivity contribution in [3.63, 3.8) is 0 Å². The molecule has 0 atom stereocenters. The van der Waals surface area contributed by atoms with Gasteiger partial charge < -0.3 is 9.67 Å². The van der Waals surface area contributed by atoms with Gasteiger partial charge in [0.25, 0.3) is 10.0 Å². The lowest BCUT2D eigenvalue weighted by molar-refractivity contribution is 0.436. The second-order valence-electron chi connectivity index (χ2n) is 5.67. The Labute approximate surface area is 140 Å². The molecule has 0 bridgehead atoms. The summed E-state index contributed by atoms with van der Waals surface area (Å²) >= 11 is 0. The first-order valence-electron chi connectivity index (χ1n) is 7.33. The van der Waals surface area contributed by atoms with Gasteiger partial charge in [-0.15, -0.1) is 5.11 Å². The molecular weight excluding hydrogens is 326 g/mol. The van der Waals surface area contributed by atoms with Gasteiger partial charge in [-0.3, -0.25) is 0 Å². The molecule has 1 N–H and O–H groups in total. The predicted molar refractivity (Wildman–Crippen MR) is 92.2 cm³/mol. The van der Waals surface area contributed by atoms with E-state index in [0.717, 1.165) is 11.1 Å². The molecule has 0 aliphatic rings. The SMILES string of the molecule is Cc1ccc(C)c(S(=O)(=O)N=Nc2c(O)n(C)c3ccccc23)c1. The van der Waals surface area contributed by atoms with Crippen LogP contribution in [0.3, 0.4) is 0 Å². The third kappa shape index (κ3) is 2.67. The van der Waals surface area contributed by atoms with Gasteiger partial charge in [0.2, 0.25) is 5.88 Å². The molecule has 7 heteroatoms. The Morgan fingerprint density at radius 2 is 1.79 bits per heavy atom. The van der Waals surface area contributed by atoms with Gasteiger partial charge in [-0.2, -0.15) is 8.42 Å². The molecule has 24 heavy (non-hydrogen) atoms. The molecule has 0 radical (unpaired) electrons. The summed E-state index contributed by atoms with van der Waals surface area (Å²) in [7, 11) is -2.27. The van der Waals surface area contributed by atoms with Crippen molar-refractivity contribution in [1.82, 2.24) is 4.57 Å². The first-order chi connectivity index (χ1) is 11.3. The largest absolute Gasteiger partial charge is 0.493 e. The van der Waals surface area contributed by atoms with Crippen molar-refractivity contribution in [3.05, 3.63) is 53.6 Å². The normalized spacial score (nSPS) is 12.3. The number of aromatic nitrogens is 1. The molecule has 0 amide bonds. The van der Waals surface area contributed by atoms with Gasteiger partial charge in [0.05, 0.1) is 10.4 Å². The summed E-state index contributed by atoms with van der Waals surface area (Å²) in [5.41, 5.74) is 2.30. The molecule has 0 aliphatic heterocycles. The molecule has 0 aliphatic carbocycles. The zero-order valence-corrected chi connectivity index (χ0v) is 14.4. The molecule has 6 nitrogen and oxygen atoms in total. The van der Waals surface area contributed by atoms with E-state index in [4.69, 9.17) is 0 Å². The smallest absolute Gasteiger partial charge is 0.300 e. The minimum atomic E-state index is -3.95. The van der Waals surface area contributed by atoms with E-state index in [2.05, 4.69) is 9.63 Å². The first-order valence-corrected chi connectivity index (χ1v) is 8.77. The van der Waals surface area contributed by atoms with Crippen molar-refractivity contribution in [3.8, 4) is 5.88 Å². The molecule has 0 spiro atoms.